The van der Waals surface area contributed by atoms with Gasteiger partial charge in [-0.15, -0.1) is 0 Å². The summed E-state index contributed by atoms with van der Waals surface area (Å²) in [6, 6.07) is 0.257. The molecule has 2 fully saturated rings. The highest BCUT2D eigenvalue weighted by Crippen LogP contribution is 2.26. The van der Waals surface area contributed by atoms with Crippen molar-refractivity contribution < 1.29 is 4.79 Å². The van der Waals surface area contributed by atoms with Crippen molar-refractivity contribution in [1.29, 1.82) is 0 Å². The number of nitrogens with zero attached hydrogens (tertiary/aromatic N) is 4. The van der Waals surface area contributed by atoms with Crippen molar-refractivity contribution in [1.82, 2.24) is 20.2 Å². The number of fused-ring (bicyclic) bond motifs is 1. The molecule has 1 N–H and O–H groups in total. The number of hydrogen-bond acceptors (Lipinski definition) is 4. The summed E-state index contributed by atoms with van der Waals surface area (Å²) in [7, 11) is 0. The van der Waals surface area contributed by atoms with Crippen LogP contribution < -0.4 is 10.2 Å². The molecular formula is C12H16ClN5O. The summed E-state index contributed by atoms with van der Waals surface area (Å²) in [5, 5.41) is 3.38. The fourth-order valence-electron chi connectivity index (χ4n) is 2.68. The molecule has 0 radical (unpaired) electrons. The molecule has 19 heavy (non-hydrogen) atoms. The third-order valence-corrected chi connectivity index (χ3v) is 4.07. The van der Waals surface area contributed by atoms with Gasteiger partial charge in [0.05, 0.1) is 6.04 Å². The Balaban J connectivity index is 1.86. The fraction of sp³-hybridized carbons (Fsp3) is 0.583. The van der Waals surface area contributed by atoms with Crippen molar-refractivity contribution in [2.45, 2.75) is 19.9 Å². The molecule has 2 aliphatic rings. The Hall–Kier alpha value is -1.56. The van der Waals surface area contributed by atoms with Crippen molar-refractivity contribution in [3.05, 3.63) is 16.5 Å². The van der Waals surface area contributed by atoms with E-state index in [-0.39, 0.29) is 12.1 Å². The second kappa shape index (κ2) is 4.52. The Bertz CT molecular complexity index is 535. The summed E-state index contributed by atoms with van der Waals surface area (Å²) in [5.74, 6) is 1.56. The lowest BCUT2D eigenvalue weighted by Gasteiger charge is -2.37. The molecule has 6 nitrogen and oxygen atoms in total. The predicted octanol–water partition coefficient (Wildman–Crippen LogP) is 0.961. The largest absolute Gasteiger partial charge is 0.352 e. The monoisotopic (exact) mass is 281 g/mol. The van der Waals surface area contributed by atoms with Crippen LogP contribution in [0.3, 0.4) is 0 Å². The van der Waals surface area contributed by atoms with Crippen LogP contribution in [0, 0.1) is 13.8 Å². The van der Waals surface area contributed by atoms with E-state index in [4.69, 9.17) is 11.6 Å². The Morgan fingerprint density at radius 3 is 2.89 bits per heavy atom. The number of carbonyl (C=O) groups is 1. The first-order valence-corrected chi connectivity index (χ1v) is 6.74. The lowest BCUT2D eigenvalue weighted by Crippen LogP contribution is -2.52. The molecule has 2 saturated heterocycles. The van der Waals surface area contributed by atoms with Crippen molar-refractivity contribution in [2.24, 2.45) is 0 Å². The number of aromatic nitrogens is 2. The summed E-state index contributed by atoms with van der Waals surface area (Å²) < 4.78 is 0. The molecule has 1 aromatic heterocycles. The molecule has 1 aromatic rings. The van der Waals surface area contributed by atoms with Gasteiger partial charge in [-0.05, 0) is 13.8 Å². The molecule has 2 aliphatic heterocycles. The average Bonchev–Trinajstić information content (AvgIpc) is 2.75. The number of piperazine rings is 1. The van der Waals surface area contributed by atoms with Crippen LogP contribution in [-0.2, 0) is 0 Å². The van der Waals surface area contributed by atoms with Gasteiger partial charge in [-0.1, -0.05) is 11.6 Å². The van der Waals surface area contributed by atoms with E-state index in [1.54, 1.807) is 0 Å². The first kappa shape index (κ1) is 12.5. The van der Waals surface area contributed by atoms with Gasteiger partial charge in [0.15, 0.2) is 0 Å². The van der Waals surface area contributed by atoms with E-state index in [9.17, 15) is 4.79 Å². The van der Waals surface area contributed by atoms with Crippen molar-refractivity contribution >= 4 is 23.4 Å². The number of rotatable bonds is 1. The number of nitrogens with one attached hydrogen (secondary N) is 1. The number of halogens is 1. The minimum Gasteiger partial charge on any atom is -0.352 e. The van der Waals surface area contributed by atoms with Gasteiger partial charge in [-0.2, -0.15) is 0 Å². The van der Waals surface area contributed by atoms with E-state index in [0.29, 0.717) is 17.5 Å². The zero-order chi connectivity index (χ0) is 13.6. The van der Waals surface area contributed by atoms with E-state index >= 15 is 0 Å². The number of anilines is 1. The minimum atomic E-state index is 0.0401. The second-order valence-electron chi connectivity index (χ2n) is 4.99. The average molecular weight is 282 g/mol. The summed E-state index contributed by atoms with van der Waals surface area (Å²) in [6.45, 7) is 6.75. The maximum absolute atomic E-state index is 11.6. The number of carbonyl (C=O) groups excluding carboxylic acids is 1. The zero-order valence-electron chi connectivity index (χ0n) is 11.0. The molecule has 1 atom stereocenters. The minimum absolute atomic E-state index is 0.0401. The molecule has 0 saturated carbocycles. The predicted molar refractivity (Wildman–Crippen MR) is 72.6 cm³/mol. The quantitative estimate of drug-likeness (QED) is 0.779. The SMILES string of the molecule is Cc1nc(Cl)c(C)c(N2CCN3C(=O)NCC3C2)n1. The Labute approximate surface area is 116 Å². The summed E-state index contributed by atoms with van der Waals surface area (Å²) in [5.41, 5.74) is 0.901. The molecule has 0 spiro atoms. The highest BCUT2D eigenvalue weighted by molar-refractivity contribution is 6.30. The van der Waals surface area contributed by atoms with Gasteiger partial charge in [0.2, 0.25) is 0 Å². The van der Waals surface area contributed by atoms with Crippen LogP contribution >= 0.6 is 11.6 Å². The Morgan fingerprint density at radius 1 is 1.32 bits per heavy atom. The third kappa shape index (κ3) is 2.10. The molecular weight excluding hydrogens is 266 g/mol. The van der Waals surface area contributed by atoms with Crippen LogP contribution in [0.2, 0.25) is 5.15 Å². The number of aryl methyl sites for hydroxylation is 1. The molecule has 0 aromatic carbocycles. The highest BCUT2D eigenvalue weighted by atomic mass is 35.5. The van der Waals surface area contributed by atoms with Gasteiger partial charge in [0, 0.05) is 31.7 Å². The molecule has 0 bridgehead atoms. The highest BCUT2D eigenvalue weighted by Gasteiger charge is 2.36. The van der Waals surface area contributed by atoms with Crippen LogP contribution in [0.4, 0.5) is 10.6 Å². The van der Waals surface area contributed by atoms with Crippen molar-refractivity contribution in [2.75, 3.05) is 31.1 Å². The third-order valence-electron chi connectivity index (χ3n) is 3.70. The first-order chi connectivity index (χ1) is 9.06. The smallest absolute Gasteiger partial charge is 0.317 e. The van der Waals surface area contributed by atoms with E-state index < -0.39 is 0 Å². The topological polar surface area (TPSA) is 61.4 Å². The molecule has 2 amide bonds. The number of urea groups is 1. The van der Waals surface area contributed by atoms with Gasteiger partial charge >= 0.3 is 6.03 Å². The van der Waals surface area contributed by atoms with E-state index in [1.165, 1.54) is 0 Å². The standard InChI is InChI=1S/C12H16ClN5O/c1-7-10(13)15-8(2)16-11(7)17-3-4-18-9(6-17)5-14-12(18)19/h9H,3-6H2,1-2H3,(H,14,19). The van der Waals surface area contributed by atoms with Crippen LogP contribution in [0.1, 0.15) is 11.4 Å². The number of hydrogen-bond donors (Lipinski definition) is 1. The summed E-state index contributed by atoms with van der Waals surface area (Å²) >= 11 is 6.12. The van der Waals surface area contributed by atoms with Gasteiger partial charge in [0.25, 0.3) is 0 Å². The lowest BCUT2D eigenvalue weighted by atomic mass is 10.2. The van der Waals surface area contributed by atoms with Gasteiger partial charge < -0.3 is 15.1 Å². The van der Waals surface area contributed by atoms with Gasteiger partial charge in [-0.3, -0.25) is 0 Å². The molecule has 102 valence electrons. The first-order valence-electron chi connectivity index (χ1n) is 6.36. The molecule has 7 heteroatoms. The maximum atomic E-state index is 11.6. The maximum Gasteiger partial charge on any atom is 0.317 e. The van der Waals surface area contributed by atoms with Gasteiger partial charge in [-0.25, -0.2) is 14.8 Å². The summed E-state index contributed by atoms with van der Waals surface area (Å²) in [4.78, 5) is 24.3. The molecule has 3 heterocycles. The molecule has 3 rings (SSSR count). The van der Waals surface area contributed by atoms with E-state index in [0.717, 1.165) is 31.0 Å². The fourth-order valence-corrected chi connectivity index (χ4v) is 2.89. The van der Waals surface area contributed by atoms with Crippen LogP contribution in [0.25, 0.3) is 0 Å². The van der Waals surface area contributed by atoms with Gasteiger partial charge in [0.1, 0.15) is 16.8 Å². The second-order valence-corrected chi connectivity index (χ2v) is 5.35. The van der Waals surface area contributed by atoms with E-state index in [1.807, 2.05) is 18.7 Å². The number of amides is 2. The van der Waals surface area contributed by atoms with Crippen LogP contribution in [0.15, 0.2) is 0 Å². The zero-order valence-corrected chi connectivity index (χ0v) is 11.7. The molecule has 1 unspecified atom stereocenters. The van der Waals surface area contributed by atoms with Crippen LogP contribution in [-0.4, -0.2) is 53.1 Å². The summed E-state index contributed by atoms with van der Waals surface area (Å²) in [6.07, 6.45) is 0. The lowest BCUT2D eigenvalue weighted by molar-refractivity contribution is 0.197. The molecule has 0 aliphatic carbocycles. The Kier molecular flexibility index (Phi) is 2.97. The van der Waals surface area contributed by atoms with Crippen LogP contribution in [0.5, 0.6) is 0 Å². The van der Waals surface area contributed by atoms with E-state index in [2.05, 4.69) is 20.2 Å². The normalized spacial score (nSPS) is 22.5. The van der Waals surface area contributed by atoms with Crippen molar-refractivity contribution in [3.63, 3.8) is 0 Å². The Morgan fingerprint density at radius 2 is 2.11 bits per heavy atom. The van der Waals surface area contributed by atoms with Crippen molar-refractivity contribution in [3.8, 4) is 0 Å².